The van der Waals surface area contributed by atoms with Crippen LogP contribution in [0.4, 0.5) is 24.7 Å². The minimum Gasteiger partial charge on any atom is -0.340 e. The summed E-state index contributed by atoms with van der Waals surface area (Å²) >= 11 is 0. The predicted molar refractivity (Wildman–Crippen MR) is 95.7 cm³/mol. The third-order valence-corrected chi connectivity index (χ3v) is 4.06. The first-order valence-corrected chi connectivity index (χ1v) is 8.13. The SMILES string of the molecule is Cc1nc2ccccn2c1-c1nccc(Nc2ccc(C(F)(F)F)cc2)n1. The second-order valence-electron chi connectivity index (χ2n) is 5.94. The van der Waals surface area contributed by atoms with Crippen molar-refractivity contribution in [3.8, 4) is 11.5 Å². The van der Waals surface area contributed by atoms with Gasteiger partial charge in [0.1, 0.15) is 17.2 Å². The predicted octanol–water partition coefficient (Wildman–Crippen LogP) is 4.86. The molecule has 0 aliphatic heterocycles. The van der Waals surface area contributed by atoms with Crippen LogP contribution >= 0.6 is 0 Å². The molecule has 4 rings (SSSR count). The molecule has 3 aromatic heterocycles. The van der Waals surface area contributed by atoms with E-state index in [1.165, 1.54) is 12.1 Å². The number of aromatic nitrogens is 4. The average molecular weight is 369 g/mol. The van der Waals surface area contributed by atoms with E-state index >= 15 is 0 Å². The van der Waals surface area contributed by atoms with Gasteiger partial charge in [-0.05, 0) is 49.4 Å². The van der Waals surface area contributed by atoms with Crippen LogP contribution in [0.3, 0.4) is 0 Å². The molecule has 0 saturated heterocycles. The molecule has 5 nitrogen and oxygen atoms in total. The smallest absolute Gasteiger partial charge is 0.340 e. The molecule has 0 aliphatic carbocycles. The Hall–Kier alpha value is -3.42. The van der Waals surface area contributed by atoms with Gasteiger partial charge in [0.25, 0.3) is 0 Å². The lowest BCUT2D eigenvalue weighted by atomic mass is 10.2. The highest BCUT2D eigenvalue weighted by molar-refractivity contribution is 5.64. The summed E-state index contributed by atoms with van der Waals surface area (Å²) in [6.07, 6.45) is -0.887. The van der Waals surface area contributed by atoms with E-state index in [2.05, 4.69) is 20.3 Å². The average Bonchev–Trinajstić information content (AvgIpc) is 2.97. The van der Waals surface area contributed by atoms with Gasteiger partial charge in [-0.1, -0.05) is 6.07 Å². The lowest BCUT2D eigenvalue weighted by Crippen LogP contribution is -2.04. The Morgan fingerprint density at radius 3 is 2.48 bits per heavy atom. The maximum Gasteiger partial charge on any atom is 0.416 e. The molecule has 136 valence electrons. The number of imidazole rings is 1. The summed E-state index contributed by atoms with van der Waals surface area (Å²) in [6.45, 7) is 1.88. The van der Waals surface area contributed by atoms with Gasteiger partial charge in [-0.25, -0.2) is 15.0 Å². The van der Waals surface area contributed by atoms with Crippen LogP contribution < -0.4 is 5.32 Å². The van der Waals surface area contributed by atoms with Crippen molar-refractivity contribution in [1.82, 2.24) is 19.4 Å². The summed E-state index contributed by atoms with van der Waals surface area (Å²) in [5.74, 6) is 0.952. The monoisotopic (exact) mass is 369 g/mol. The lowest BCUT2D eigenvalue weighted by molar-refractivity contribution is -0.137. The van der Waals surface area contributed by atoms with E-state index < -0.39 is 11.7 Å². The van der Waals surface area contributed by atoms with Crippen molar-refractivity contribution < 1.29 is 13.2 Å². The number of hydrogen-bond donors (Lipinski definition) is 1. The number of alkyl halides is 3. The lowest BCUT2D eigenvalue weighted by Gasteiger charge is -2.10. The van der Waals surface area contributed by atoms with Crippen molar-refractivity contribution in [2.75, 3.05) is 5.32 Å². The molecule has 0 atom stereocenters. The van der Waals surface area contributed by atoms with Crippen LogP contribution in [0.5, 0.6) is 0 Å². The number of nitrogens with one attached hydrogen (secondary N) is 1. The molecule has 0 saturated carbocycles. The summed E-state index contributed by atoms with van der Waals surface area (Å²) in [4.78, 5) is 13.3. The topological polar surface area (TPSA) is 55.1 Å². The van der Waals surface area contributed by atoms with Crippen LogP contribution in [0.25, 0.3) is 17.2 Å². The molecule has 0 fully saturated rings. The summed E-state index contributed by atoms with van der Waals surface area (Å²) in [5, 5.41) is 3.00. The van der Waals surface area contributed by atoms with E-state index in [1.54, 1.807) is 12.3 Å². The molecule has 8 heteroatoms. The summed E-state index contributed by atoms with van der Waals surface area (Å²) in [6, 6.07) is 12.1. The van der Waals surface area contributed by atoms with E-state index in [1.807, 2.05) is 35.7 Å². The van der Waals surface area contributed by atoms with Crippen molar-refractivity contribution in [3.63, 3.8) is 0 Å². The zero-order valence-corrected chi connectivity index (χ0v) is 14.2. The number of aryl methyl sites for hydroxylation is 1. The Kier molecular flexibility index (Phi) is 4.02. The molecule has 1 aromatic carbocycles. The van der Waals surface area contributed by atoms with E-state index in [0.29, 0.717) is 17.3 Å². The molecule has 1 N–H and O–H groups in total. The molecule has 0 amide bonds. The van der Waals surface area contributed by atoms with Crippen LogP contribution in [-0.2, 0) is 6.18 Å². The summed E-state index contributed by atoms with van der Waals surface area (Å²) in [5.41, 5.74) is 2.14. The van der Waals surface area contributed by atoms with Crippen LogP contribution in [0, 0.1) is 6.92 Å². The zero-order chi connectivity index (χ0) is 19.0. The van der Waals surface area contributed by atoms with Gasteiger partial charge in [-0.15, -0.1) is 0 Å². The van der Waals surface area contributed by atoms with Crippen molar-refractivity contribution in [2.45, 2.75) is 13.1 Å². The number of nitrogens with zero attached hydrogens (tertiary/aromatic N) is 4. The fourth-order valence-corrected chi connectivity index (χ4v) is 2.82. The molecule has 0 spiro atoms. The van der Waals surface area contributed by atoms with Gasteiger partial charge in [-0.3, -0.25) is 4.40 Å². The Bertz CT molecular complexity index is 1100. The fraction of sp³-hybridized carbons (Fsp3) is 0.105. The fourth-order valence-electron chi connectivity index (χ4n) is 2.82. The van der Waals surface area contributed by atoms with Gasteiger partial charge < -0.3 is 5.32 Å². The van der Waals surface area contributed by atoms with E-state index in [9.17, 15) is 13.2 Å². The highest BCUT2D eigenvalue weighted by atomic mass is 19.4. The highest BCUT2D eigenvalue weighted by Gasteiger charge is 2.29. The Balaban J connectivity index is 1.66. The quantitative estimate of drug-likeness (QED) is 0.560. The number of fused-ring (bicyclic) bond motifs is 1. The first-order chi connectivity index (χ1) is 12.9. The third-order valence-electron chi connectivity index (χ3n) is 4.06. The number of pyridine rings is 1. The summed E-state index contributed by atoms with van der Waals surface area (Å²) in [7, 11) is 0. The first-order valence-electron chi connectivity index (χ1n) is 8.13. The number of anilines is 2. The van der Waals surface area contributed by atoms with Gasteiger partial charge in [-0.2, -0.15) is 13.2 Å². The first kappa shape index (κ1) is 17.0. The van der Waals surface area contributed by atoms with Gasteiger partial charge in [0.05, 0.1) is 11.3 Å². The normalized spacial score (nSPS) is 11.7. The Morgan fingerprint density at radius 2 is 1.74 bits per heavy atom. The molecular formula is C19H14F3N5. The highest BCUT2D eigenvalue weighted by Crippen LogP contribution is 2.30. The maximum atomic E-state index is 12.7. The molecule has 4 aromatic rings. The maximum absolute atomic E-state index is 12.7. The van der Waals surface area contributed by atoms with Crippen LogP contribution in [-0.4, -0.2) is 19.4 Å². The Labute approximate surface area is 152 Å². The molecule has 0 radical (unpaired) electrons. The molecular weight excluding hydrogens is 355 g/mol. The largest absolute Gasteiger partial charge is 0.416 e. The van der Waals surface area contributed by atoms with Gasteiger partial charge in [0.2, 0.25) is 0 Å². The zero-order valence-electron chi connectivity index (χ0n) is 14.2. The van der Waals surface area contributed by atoms with Gasteiger partial charge in [0.15, 0.2) is 5.82 Å². The minimum atomic E-state index is -4.36. The van der Waals surface area contributed by atoms with E-state index in [0.717, 1.165) is 29.2 Å². The standard InChI is InChI=1S/C19H14F3N5/c1-12-17(27-11-3-2-4-16(27)24-12)18-23-10-9-15(26-18)25-14-7-5-13(6-8-14)19(20,21)22/h2-11H,1H3,(H,23,25,26). The third kappa shape index (κ3) is 3.33. The van der Waals surface area contributed by atoms with Crippen molar-refractivity contribution in [2.24, 2.45) is 0 Å². The molecule has 0 bridgehead atoms. The number of hydrogen-bond acceptors (Lipinski definition) is 4. The van der Waals surface area contributed by atoms with Gasteiger partial charge >= 0.3 is 6.18 Å². The van der Waals surface area contributed by atoms with Crippen LogP contribution in [0.2, 0.25) is 0 Å². The van der Waals surface area contributed by atoms with Crippen LogP contribution in [0.1, 0.15) is 11.3 Å². The second kappa shape index (κ2) is 6.39. The van der Waals surface area contributed by atoms with Gasteiger partial charge in [0, 0.05) is 18.1 Å². The van der Waals surface area contributed by atoms with Crippen molar-refractivity contribution in [1.29, 1.82) is 0 Å². The van der Waals surface area contributed by atoms with Crippen molar-refractivity contribution >= 4 is 17.2 Å². The van der Waals surface area contributed by atoms with E-state index in [-0.39, 0.29) is 0 Å². The molecule has 3 heterocycles. The number of halogens is 3. The second-order valence-corrected chi connectivity index (χ2v) is 5.94. The summed E-state index contributed by atoms with van der Waals surface area (Å²) < 4.78 is 39.9. The Morgan fingerprint density at radius 1 is 0.963 bits per heavy atom. The number of rotatable bonds is 3. The molecule has 0 unspecified atom stereocenters. The minimum absolute atomic E-state index is 0.475. The van der Waals surface area contributed by atoms with Crippen LogP contribution in [0.15, 0.2) is 60.9 Å². The van der Waals surface area contributed by atoms with E-state index in [4.69, 9.17) is 0 Å². The van der Waals surface area contributed by atoms with Crippen molar-refractivity contribution in [3.05, 3.63) is 72.2 Å². The number of benzene rings is 1. The molecule has 0 aliphatic rings. The molecule has 27 heavy (non-hydrogen) atoms.